The van der Waals surface area contributed by atoms with E-state index in [-0.39, 0.29) is 23.1 Å². The van der Waals surface area contributed by atoms with E-state index < -0.39 is 22.7 Å². The van der Waals surface area contributed by atoms with E-state index in [0.29, 0.717) is 22.3 Å². The fourth-order valence-corrected chi connectivity index (χ4v) is 10.8. The normalized spacial score (nSPS) is 20.6. The Balaban J connectivity index is 1.13. The van der Waals surface area contributed by atoms with Crippen LogP contribution in [0.15, 0.2) is 96.4 Å². The van der Waals surface area contributed by atoms with E-state index in [2.05, 4.69) is 111 Å². The van der Waals surface area contributed by atoms with Crippen molar-refractivity contribution in [3.63, 3.8) is 0 Å². The van der Waals surface area contributed by atoms with Crippen LogP contribution in [0, 0.1) is 11.8 Å². The monoisotopic (exact) mass is 787 g/mol. The van der Waals surface area contributed by atoms with Gasteiger partial charge < -0.3 is 14.8 Å². The molecule has 0 saturated heterocycles. The maximum absolute atomic E-state index is 14.4. The number of benzene rings is 4. The summed E-state index contributed by atoms with van der Waals surface area (Å²) in [5.74, 6) is -1.25. The largest absolute Gasteiger partial charge is 0.510 e. The molecule has 1 aromatic heterocycles. The first-order chi connectivity index (χ1) is 28.4. The molecule has 2 atom stereocenters. The second-order valence-corrected chi connectivity index (χ2v) is 18.1. The molecular weight excluding hydrogens is 731 g/mol. The minimum Gasteiger partial charge on any atom is -0.510 e. The average Bonchev–Trinajstić information content (AvgIpc) is 3.74. The summed E-state index contributed by atoms with van der Waals surface area (Å²) in [4.78, 5) is 28.8. The molecule has 4 aliphatic rings. The number of para-hydroxylation sites is 2. The Kier molecular flexibility index (Phi) is 9.45. The van der Waals surface area contributed by atoms with Crippen molar-refractivity contribution >= 4 is 67.3 Å². The minimum absolute atomic E-state index is 0.0571. The van der Waals surface area contributed by atoms with Crippen molar-refractivity contribution in [1.82, 2.24) is 4.57 Å². The van der Waals surface area contributed by atoms with Crippen molar-refractivity contribution in [2.45, 2.75) is 104 Å². The van der Waals surface area contributed by atoms with Crippen LogP contribution in [0.3, 0.4) is 0 Å². The molecule has 59 heavy (non-hydrogen) atoms. The van der Waals surface area contributed by atoms with Gasteiger partial charge in [0, 0.05) is 64.5 Å². The first-order valence-electron chi connectivity index (χ1n) is 21.9. The zero-order chi connectivity index (χ0) is 41.5. The molecule has 2 aliphatic carbocycles. The quantitative estimate of drug-likeness (QED) is 0.116. The van der Waals surface area contributed by atoms with Crippen molar-refractivity contribution in [3.05, 3.63) is 119 Å². The van der Waals surface area contributed by atoms with Crippen LogP contribution in [0.5, 0.6) is 0 Å². The Labute approximate surface area is 347 Å². The number of allylic oxidation sites excluding steroid dienone is 4. The van der Waals surface area contributed by atoms with Gasteiger partial charge in [-0.2, -0.15) is 9.15 Å². The van der Waals surface area contributed by atoms with Gasteiger partial charge in [0.05, 0.1) is 22.0 Å². The third kappa shape index (κ3) is 5.59. The number of aliphatic hydroxyl groups excluding tert-OH is 2. The highest BCUT2D eigenvalue weighted by Crippen LogP contribution is 2.50. The van der Waals surface area contributed by atoms with E-state index in [1.54, 1.807) is 0 Å². The van der Waals surface area contributed by atoms with Crippen molar-refractivity contribution in [2.24, 2.45) is 11.8 Å². The molecule has 0 saturated carbocycles. The van der Waals surface area contributed by atoms with Gasteiger partial charge >= 0.3 is 0 Å². The lowest BCUT2D eigenvalue weighted by Crippen LogP contribution is -2.46. The van der Waals surface area contributed by atoms with E-state index in [1.807, 2.05) is 36.4 Å². The smallest absolute Gasteiger partial charge is 0.209 e. The number of aliphatic hydroxyl groups is 2. The number of unbranched alkanes of at least 4 members (excludes halogenated alkanes) is 3. The fraction of sp³-hybridized carbons (Fsp3) is 0.385. The molecular formula is C52H57N3O4+2. The highest BCUT2D eigenvalue weighted by atomic mass is 16.3. The molecule has 2 aliphatic heterocycles. The molecule has 3 heterocycles. The Hall–Kier alpha value is -5.56. The molecule has 0 amide bonds. The minimum atomic E-state index is -0.696. The van der Waals surface area contributed by atoms with Gasteiger partial charge in [-0.15, -0.1) is 0 Å². The van der Waals surface area contributed by atoms with E-state index in [1.165, 1.54) is 11.1 Å². The molecule has 0 radical (unpaired) electrons. The van der Waals surface area contributed by atoms with Crippen LogP contribution in [0.25, 0.3) is 33.0 Å². The lowest BCUT2D eigenvalue weighted by Gasteiger charge is -2.31. The van der Waals surface area contributed by atoms with Gasteiger partial charge in [-0.1, -0.05) is 88.6 Å². The molecule has 5 aromatic rings. The van der Waals surface area contributed by atoms with Gasteiger partial charge in [-0.25, -0.2) is 0 Å². The Morgan fingerprint density at radius 1 is 0.576 bits per heavy atom. The molecule has 2 unspecified atom stereocenters. The zero-order valence-corrected chi connectivity index (χ0v) is 35.7. The van der Waals surface area contributed by atoms with Crippen LogP contribution in [0.2, 0.25) is 0 Å². The summed E-state index contributed by atoms with van der Waals surface area (Å²) in [6.45, 7) is 17.6. The van der Waals surface area contributed by atoms with Crippen LogP contribution in [0.1, 0.15) is 109 Å². The number of hydrogen-bond acceptors (Lipinski definition) is 4. The summed E-state index contributed by atoms with van der Waals surface area (Å²) in [5, 5.41) is 25.8. The third-order valence-corrected chi connectivity index (χ3v) is 13.9. The van der Waals surface area contributed by atoms with E-state index >= 15 is 0 Å². The van der Waals surface area contributed by atoms with Crippen LogP contribution in [-0.2, 0) is 27.0 Å². The summed E-state index contributed by atoms with van der Waals surface area (Å²) >= 11 is 0. The van der Waals surface area contributed by atoms with Crippen molar-refractivity contribution < 1.29 is 29.0 Å². The van der Waals surface area contributed by atoms with Crippen LogP contribution < -0.4 is 0 Å². The number of fused-ring (bicyclic) bond motifs is 5. The van der Waals surface area contributed by atoms with Crippen LogP contribution in [0.4, 0.5) is 11.4 Å². The topological polar surface area (TPSA) is 85.6 Å². The summed E-state index contributed by atoms with van der Waals surface area (Å²) < 4.78 is 6.88. The highest BCUT2D eigenvalue weighted by molar-refractivity contribution is 6.38. The van der Waals surface area contributed by atoms with Gasteiger partial charge in [0.15, 0.2) is 34.8 Å². The number of hydrogen-bond donors (Lipinski definition) is 2. The molecule has 0 fully saturated rings. The molecule has 2 N–H and O–H groups in total. The van der Waals surface area contributed by atoms with E-state index in [9.17, 15) is 19.8 Å². The number of carbonyl (C=O) groups excluding carboxylic acids is 2. The van der Waals surface area contributed by atoms with Gasteiger partial charge in [-0.05, 0) is 69.5 Å². The SMILES string of the molecule is CCCCn1c2ccc(C3=C(O)C(C4=[N+](CCCC)c5ccccc5C4(C)C)C3=O)cc2c2cc(C3=C(O)C(C4=[N+](CCCC)c5ccccc5C4(C)C)C3=O)ccc21. The first-order valence-corrected chi connectivity index (χ1v) is 21.9. The van der Waals surface area contributed by atoms with Gasteiger partial charge in [0.25, 0.3) is 0 Å². The summed E-state index contributed by atoms with van der Waals surface area (Å²) in [7, 11) is 0. The predicted molar refractivity (Wildman–Crippen MR) is 239 cm³/mol. The number of rotatable bonds is 13. The molecule has 0 bridgehead atoms. The number of nitrogens with zero attached hydrogens (tertiary/aromatic N) is 3. The molecule has 7 heteroatoms. The van der Waals surface area contributed by atoms with Gasteiger partial charge in [0.1, 0.15) is 24.6 Å². The summed E-state index contributed by atoms with van der Waals surface area (Å²) in [6, 6.07) is 28.9. The molecule has 0 spiro atoms. The Morgan fingerprint density at radius 3 is 1.37 bits per heavy atom. The number of aryl methyl sites for hydroxylation is 1. The van der Waals surface area contributed by atoms with Crippen molar-refractivity contribution in [3.8, 4) is 0 Å². The van der Waals surface area contributed by atoms with Gasteiger partial charge in [-0.3, -0.25) is 9.59 Å². The second-order valence-electron chi connectivity index (χ2n) is 18.1. The lowest BCUT2D eigenvalue weighted by atomic mass is 9.67. The van der Waals surface area contributed by atoms with E-state index in [0.717, 1.165) is 103 Å². The average molecular weight is 788 g/mol. The second kappa shape index (κ2) is 14.3. The van der Waals surface area contributed by atoms with Crippen LogP contribution >= 0.6 is 0 Å². The number of aromatic nitrogens is 1. The number of Topliss-reactive ketones (excluding diaryl/α,β-unsaturated/α-hetero) is 2. The first kappa shape index (κ1) is 38.9. The van der Waals surface area contributed by atoms with E-state index in [4.69, 9.17) is 0 Å². The highest BCUT2D eigenvalue weighted by Gasteiger charge is 2.58. The maximum Gasteiger partial charge on any atom is 0.209 e. The number of ketones is 2. The van der Waals surface area contributed by atoms with Gasteiger partial charge in [0.2, 0.25) is 11.4 Å². The zero-order valence-electron chi connectivity index (χ0n) is 35.7. The number of carbonyl (C=O) groups is 2. The van der Waals surface area contributed by atoms with Crippen molar-refractivity contribution in [1.29, 1.82) is 0 Å². The Bertz CT molecular complexity index is 2570. The molecule has 9 rings (SSSR count). The molecule has 4 aromatic carbocycles. The van der Waals surface area contributed by atoms with Crippen LogP contribution in [-0.4, -0.2) is 60.0 Å². The maximum atomic E-state index is 14.4. The Morgan fingerprint density at radius 2 is 0.983 bits per heavy atom. The summed E-state index contributed by atoms with van der Waals surface area (Å²) in [5.41, 5.74) is 9.88. The standard InChI is InChI=1S/C52H55N3O4/c1-8-11-26-53-37-24-22-31(41-45(56)43(46(41)57)49-51(4,5)35-18-14-16-20-39(35)54(49)27-12-9-2)29-33(37)34-30-32(23-25-38(34)53)42-47(58)44(48(42)59)50-52(6,7)36-19-15-17-21-40(36)55(50)28-13-10-3/h14-25,29-30,43-44H,8-13,26-28H2,1-7H3/p+2. The molecule has 7 nitrogen and oxygen atoms in total. The van der Waals surface area contributed by atoms with Crippen molar-refractivity contribution in [2.75, 3.05) is 13.1 Å². The molecule has 302 valence electrons. The third-order valence-electron chi connectivity index (χ3n) is 13.9. The summed E-state index contributed by atoms with van der Waals surface area (Å²) in [6.07, 6.45) is 6.06. The fourth-order valence-electron chi connectivity index (χ4n) is 10.8. The predicted octanol–water partition coefficient (Wildman–Crippen LogP) is 11.3. The lowest BCUT2D eigenvalue weighted by molar-refractivity contribution is -0.441.